The Hall–Kier alpha value is -3.03. The molecule has 146 valence electrons. The molecule has 1 aliphatic rings. The first kappa shape index (κ1) is 18.3. The standard InChI is InChI=1S/C20H25N7O/c1-13-11-14(2)22-20(21-13)26-9-6-7-16(12-26)19(28)23-15(3)18-25-24-17-8-4-5-10-27(17)18/h4-5,8,10-11,15-16H,6-7,9,12H2,1-3H3,(H,23,28). The van der Waals surface area contributed by atoms with Gasteiger partial charge in [0.15, 0.2) is 11.5 Å². The van der Waals surface area contributed by atoms with Gasteiger partial charge in [-0.2, -0.15) is 0 Å². The van der Waals surface area contributed by atoms with Crippen molar-refractivity contribution in [3.8, 4) is 0 Å². The fourth-order valence-electron chi connectivity index (χ4n) is 3.77. The number of pyridine rings is 1. The largest absolute Gasteiger partial charge is 0.346 e. The van der Waals surface area contributed by atoms with Gasteiger partial charge in [-0.25, -0.2) is 9.97 Å². The second kappa shape index (κ2) is 7.53. The molecule has 2 unspecified atom stereocenters. The van der Waals surface area contributed by atoms with E-state index in [1.165, 1.54) is 0 Å². The van der Waals surface area contributed by atoms with Crippen LogP contribution in [-0.4, -0.2) is 43.6 Å². The number of carbonyl (C=O) groups excluding carboxylic acids is 1. The third kappa shape index (κ3) is 3.67. The number of aromatic nitrogens is 5. The van der Waals surface area contributed by atoms with Crippen LogP contribution in [0.3, 0.4) is 0 Å². The summed E-state index contributed by atoms with van der Waals surface area (Å²) in [6.45, 7) is 7.38. The number of piperidine rings is 1. The lowest BCUT2D eigenvalue weighted by molar-refractivity contribution is -0.126. The van der Waals surface area contributed by atoms with Crippen molar-refractivity contribution in [3.63, 3.8) is 0 Å². The SMILES string of the molecule is Cc1cc(C)nc(N2CCCC(C(=O)NC(C)c3nnc4ccccn34)C2)n1. The van der Waals surface area contributed by atoms with E-state index in [2.05, 4.69) is 30.4 Å². The number of anilines is 1. The zero-order valence-corrected chi connectivity index (χ0v) is 16.5. The number of hydrogen-bond acceptors (Lipinski definition) is 6. The van der Waals surface area contributed by atoms with Gasteiger partial charge in [-0.1, -0.05) is 6.07 Å². The molecule has 8 nitrogen and oxygen atoms in total. The summed E-state index contributed by atoms with van der Waals surface area (Å²) in [4.78, 5) is 24.1. The molecule has 0 bridgehead atoms. The Bertz CT molecular complexity index is 979. The Morgan fingerprint density at radius 3 is 2.79 bits per heavy atom. The molecule has 4 heterocycles. The molecule has 3 aromatic rings. The molecule has 0 aliphatic carbocycles. The van der Waals surface area contributed by atoms with Crippen molar-refractivity contribution in [2.24, 2.45) is 5.92 Å². The van der Waals surface area contributed by atoms with Gasteiger partial charge in [0, 0.05) is 30.7 Å². The van der Waals surface area contributed by atoms with Crippen molar-refractivity contribution in [1.29, 1.82) is 0 Å². The highest BCUT2D eigenvalue weighted by molar-refractivity contribution is 5.79. The Labute approximate surface area is 164 Å². The van der Waals surface area contributed by atoms with Crippen molar-refractivity contribution >= 4 is 17.5 Å². The van der Waals surface area contributed by atoms with Gasteiger partial charge in [0.2, 0.25) is 11.9 Å². The fourth-order valence-corrected chi connectivity index (χ4v) is 3.77. The number of hydrogen-bond donors (Lipinski definition) is 1. The number of nitrogens with one attached hydrogen (secondary N) is 1. The zero-order chi connectivity index (χ0) is 19.7. The lowest BCUT2D eigenvalue weighted by atomic mass is 9.97. The van der Waals surface area contributed by atoms with Gasteiger partial charge in [0.1, 0.15) is 0 Å². The third-order valence-corrected chi connectivity index (χ3v) is 5.13. The average Bonchev–Trinajstić information content (AvgIpc) is 3.11. The molecule has 0 spiro atoms. The van der Waals surface area contributed by atoms with Crippen LogP contribution >= 0.6 is 0 Å². The first-order chi connectivity index (χ1) is 13.5. The van der Waals surface area contributed by atoms with Crippen LogP contribution < -0.4 is 10.2 Å². The fraction of sp³-hybridized carbons (Fsp3) is 0.450. The Morgan fingerprint density at radius 2 is 2.00 bits per heavy atom. The van der Waals surface area contributed by atoms with Crippen molar-refractivity contribution in [2.45, 2.75) is 39.7 Å². The number of aryl methyl sites for hydroxylation is 2. The van der Waals surface area contributed by atoms with E-state index >= 15 is 0 Å². The van der Waals surface area contributed by atoms with Crippen LogP contribution in [0.2, 0.25) is 0 Å². The zero-order valence-electron chi connectivity index (χ0n) is 16.5. The first-order valence-electron chi connectivity index (χ1n) is 9.68. The van der Waals surface area contributed by atoms with Gasteiger partial charge >= 0.3 is 0 Å². The lowest BCUT2D eigenvalue weighted by Crippen LogP contribution is -2.44. The second-order valence-corrected chi connectivity index (χ2v) is 7.45. The lowest BCUT2D eigenvalue weighted by Gasteiger charge is -2.32. The molecule has 28 heavy (non-hydrogen) atoms. The third-order valence-electron chi connectivity index (χ3n) is 5.13. The molecule has 4 rings (SSSR count). The van der Waals surface area contributed by atoms with E-state index in [4.69, 9.17) is 0 Å². The van der Waals surface area contributed by atoms with Crippen molar-refractivity contribution < 1.29 is 4.79 Å². The molecule has 0 radical (unpaired) electrons. The topological polar surface area (TPSA) is 88.3 Å². The van der Waals surface area contributed by atoms with E-state index < -0.39 is 0 Å². The van der Waals surface area contributed by atoms with Crippen LogP contribution in [0.25, 0.3) is 5.65 Å². The molecule has 1 saturated heterocycles. The molecule has 1 amide bonds. The number of fused-ring (bicyclic) bond motifs is 1. The summed E-state index contributed by atoms with van der Waals surface area (Å²) in [6.07, 6.45) is 3.71. The van der Waals surface area contributed by atoms with Crippen LogP contribution in [0, 0.1) is 19.8 Å². The molecule has 1 fully saturated rings. The number of rotatable bonds is 4. The van der Waals surface area contributed by atoms with E-state index in [0.717, 1.165) is 42.2 Å². The summed E-state index contributed by atoms with van der Waals surface area (Å²) in [7, 11) is 0. The minimum atomic E-state index is -0.224. The summed E-state index contributed by atoms with van der Waals surface area (Å²) in [6, 6.07) is 7.48. The highest BCUT2D eigenvalue weighted by Crippen LogP contribution is 2.22. The second-order valence-electron chi connectivity index (χ2n) is 7.45. The van der Waals surface area contributed by atoms with E-state index in [1.54, 1.807) is 0 Å². The van der Waals surface area contributed by atoms with Crippen LogP contribution in [0.1, 0.15) is 43.0 Å². The van der Waals surface area contributed by atoms with Crippen molar-refractivity contribution in [2.75, 3.05) is 18.0 Å². The van der Waals surface area contributed by atoms with Crippen molar-refractivity contribution in [3.05, 3.63) is 47.7 Å². The Balaban J connectivity index is 1.45. The van der Waals surface area contributed by atoms with Gasteiger partial charge in [0.25, 0.3) is 0 Å². The quantitative estimate of drug-likeness (QED) is 0.748. The first-order valence-corrected chi connectivity index (χ1v) is 9.68. The average molecular weight is 379 g/mol. The van der Waals surface area contributed by atoms with Crippen molar-refractivity contribution in [1.82, 2.24) is 29.9 Å². The maximum Gasteiger partial charge on any atom is 0.225 e. The molecule has 3 aromatic heterocycles. The van der Waals surface area contributed by atoms with E-state index in [-0.39, 0.29) is 17.9 Å². The minimum Gasteiger partial charge on any atom is -0.346 e. The summed E-state index contributed by atoms with van der Waals surface area (Å²) in [5.41, 5.74) is 2.66. The van der Waals surface area contributed by atoms with Gasteiger partial charge in [0.05, 0.1) is 12.0 Å². The monoisotopic (exact) mass is 379 g/mol. The number of nitrogens with zero attached hydrogens (tertiary/aromatic N) is 6. The van der Waals surface area contributed by atoms with Gasteiger partial charge in [-0.15, -0.1) is 10.2 Å². The van der Waals surface area contributed by atoms with Crippen LogP contribution in [0.15, 0.2) is 30.5 Å². The maximum absolute atomic E-state index is 12.9. The normalized spacial score (nSPS) is 18.2. The Kier molecular flexibility index (Phi) is 4.93. The molecule has 0 saturated carbocycles. The number of amides is 1. The molecule has 1 N–H and O–H groups in total. The van der Waals surface area contributed by atoms with E-state index in [9.17, 15) is 4.79 Å². The van der Waals surface area contributed by atoms with Gasteiger partial charge < -0.3 is 10.2 Å². The van der Waals surface area contributed by atoms with Crippen LogP contribution in [0.4, 0.5) is 5.95 Å². The highest BCUT2D eigenvalue weighted by atomic mass is 16.2. The van der Waals surface area contributed by atoms with Crippen LogP contribution in [-0.2, 0) is 4.79 Å². The number of carbonyl (C=O) groups is 1. The van der Waals surface area contributed by atoms with Gasteiger partial charge in [-0.05, 0) is 51.8 Å². The molecule has 8 heteroatoms. The molecule has 2 atom stereocenters. The summed E-state index contributed by atoms with van der Waals surface area (Å²) >= 11 is 0. The maximum atomic E-state index is 12.9. The molecule has 1 aliphatic heterocycles. The Morgan fingerprint density at radius 1 is 1.21 bits per heavy atom. The van der Waals surface area contributed by atoms with Gasteiger partial charge in [-0.3, -0.25) is 9.20 Å². The van der Waals surface area contributed by atoms with E-state index in [1.807, 2.05) is 55.6 Å². The summed E-state index contributed by atoms with van der Waals surface area (Å²) in [5, 5.41) is 11.5. The van der Waals surface area contributed by atoms with Crippen LogP contribution in [0.5, 0.6) is 0 Å². The van der Waals surface area contributed by atoms with E-state index in [0.29, 0.717) is 12.5 Å². The summed E-state index contributed by atoms with van der Waals surface area (Å²) in [5.74, 6) is 1.38. The molecule has 0 aromatic carbocycles. The highest BCUT2D eigenvalue weighted by Gasteiger charge is 2.29. The molecular formula is C20H25N7O. The predicted molar refractivity (Wildman–Crippen MR) is 106 cm³/mol. The smallest absolute Gasteiger partial charge is 0.225 e. The predicted octanol–water partition coefficient (Wildman–Crippen LogP) is 2.23. The molecular weight excluding hydrogens is 354 g/mol. The summed E-state index contributed by atoms with van der Waals surface area (Å²) < 4.78 is 1.90. The minimum absolute atomic E-state index is 0.0363.